The normalized spacial score (nSPS) is 20.1. The third-order valence-corrected chi connectivity index (χ3v) is 4.37. The lowest BCUT2D eigenvalue weighted by molar-refractivity contribution is -0.155. The molecule has 2 rings (SSSR count). The Kier molecular flexibility index (Phi) is 6.04. The van der Waals surface area contributed by atoms with E-state index in [1.807, 2.05) is 0 Å². The summed E-state index contributed by atoms with van der Waals surface area (Å²) in [7, 11) is 1.53. The molecule has 1 fully saturated rings. The summed E-state index contributed by atoms with van der Waals surface area (Å²) < 4.78 is 10.1. The van der Waals surface area contributed by atoms with E-state index in [2.05, 4.69) is 10.6 Å². The number of esters is 1. The molecular weight excluding hydrogens is 354 g/mol. The van der Waals surface area contributed by atoms with Crippen LogP contribution in [0.15, 0.2) is 24.3 Å². The number of carbonyl (C=O) groups excluding carboxylic acids is 4. The number of hydrogen-bond donors (Lipinski definition) is 2. The van der Waals surface area contributed by atoms with E-state index >= 15 is 0 Å². The van der Waals surface area contributed by atoms with Crippen molar-refractivity contribution in [2.24, 2.45) is 0 Å². The molecule has 0 aromatic heterocycles. The van der Waals surface area contributed by atoms with Crippen LogP contribution < -0.4 is 15.4 Å². The lowest BCUT2D eigenvalue weighted by Gasteiger charge is -2.19. The zero-order chi connectivity index (χ0) is 20.2. The molecule has 0 aliphatic carbocycles. The summed E-state index contributed by atoms with van der Waals surface area (Å²) in [6, 6.07) is 5.98. The van der Waals surface area contributed by atoms with Gasteiger partial charge in [-0.05, 0) is 44.5 Å². The van der Waals surface area contributed by atoms with E-state index in [9.17, 15) is 19.2 Å². The molecule has 1 aromatic carbocycles. The second-order valence-corrected chi connectivity index (χ2v) is 6.36. The van der Waals surface area contributed by atoms with Crippen molar-refractivity contribution < 1.29 is 28.7 Å². The van der Waals surface area contributed by atoms with Gasteiger partial charge >= 0.3 is 12.0 Å². The van der Waals surface area contributed by atoms with Gasteiger partial charge < -0.3 is 20.1 Å². The topological polar surface area (TPSA) is 114 Å². The van der Waals surface area contributed by atoms with Gasteiger partial charge in [-0.3, -0.25) is 19.3 Å². The number of carbonyl (C=O) groups is 4. The third kappa shape index (κ3) is 4.55. The molecule has 27 heavy (non-hydrogen) atoms. The number of amides is 4. The molecule has 2 atom stereocenters. The second-order valence-electron chi connectivity index (χ2n) is 6.36. The quantitative estimate of drug-likeness (QED) is 0.547. The molecule has 1 aromatic rings. The molecule has 9 nitrogen and oxygen atoms in total. The molecule has 0 spiro atoms. The van der Waals surface area contributed by atoms with Gasteiger partial charge in [0.2, 0.25) is 0 Å². The fraction of sp³-hybridized carbons (Fsp3) is 0.444. The van der Waals surface area contributed by atoms with Crippen LogP contribution in [0.1, 0.15) is 27.2 Å². The van der Waals surface area contributed by atoms with Crippen LogP contribution in [-0.2, 0) is 19.1 Å². The monoisotopic (exact) mass is 377 g/mol. The number of imide groups is 1. The summed E-state index contributed by atoms with van der Waals surface area (Å²) in [5.41, 5.74) is -0.522. The van der Waals surface area contributed by atoms with Crippen LogP contribution in [0.4, 0.5) is 10.5 Å². The van der Waals surface area contributed by atoms with E-state index in [1.165, 1.54) is 14.0 Å². The standard InChI is InChI=1S/C18H23N3O6/c1-5-18(3)16(24)21(17(25)20-18)10-14(22)27-11(2)15(23)19-12-6-8-13(26-4)9-7-12/h6-9,11H,5,10H2,1-4H3,(H,19,23)(H,20,25)/t11-,18-/m0/s1. The van der Waals surface area contributed by atoms with Crippen LogP contribution >= 0.6 is 0 Å². The molecule has 2 N–H and O–H groups in total. The van der Waals surface area contributed by atoms with Gasteiger partial charge in [-0.15, -0.1) is 0 Å². The van der Waals surface area contributed by atoms with Crippen molar-refractivity contribution in [2.75, 3.05) is 19.0 Å². The van der Waals surface area contributed by atoms with Gasteiger partial charge in [0, 0.05) is 5.69 Å². The first kappa shape index (κ1) is 20.2. The molecule has 146 valence electrons. The fourth-order valence-corrected chi connectivity index (χ4v) is 2.47. The first-order valence-corrected chi connectivity index (χ1v) is 8.48. The van der Waals surface area contributed by atoms with Crippen molar-refractivity contribution in [3.05, 3.63) is 24.3 Å². The molecule has 0 unspecified atom stereocenters. The maximum absolute atomic E-state index is 12.3. The van der Waals surface area contributed by atoms with Crippen LogP contribution in [0.5, 0.6) is 5.75 Å². The summed E-state index contributed by atoms with van der Waals surface area (Å²) in [5.74, 6) is -1.25. The number of anilines is 1. The summed E-state index contributed by atoms with van der Waals surface area (Å²) in [4.78, 5) is 49.1. The Morgan fingerprint density at radius 2 is 1.89 bits per heavy atom. The Morgan fingerprint density at radius 3 is 2.41 bits per heavy atom. The van der Waals surface area contributed by atoms with Crippen molar-refractivity contribution in [2.45, 2.75) is 38.8 Å². The van der Waals surface area contributed by atoms with Gasteiger partial charge in [-0.25, -0.2) is 4.79 Å². The summed E-state index contributed by atoms with van der Waals surface area (Å²) in [6.45, 7) is 4.19. The molecule has 1 heterocycles. The fourth-order valence-electron chi connectivity index (χ4n) is 2.47. The van der Waals surface area contributed by atoms with Gasteiger partial charge in [-0.2, -0.15) is 0 Å². The smallest absolute Gasteiger partial charge is 0.327 e. The van der Waals surface area contributed by atoms with Crippen molar-refractivity contribution >= 4 is 29.5 Å². The summed E-state index contributed by atoms with van der Waals surface area (Å²) in [6.07, 6.45) is -0.706. The Balaban J connectivity index is 1.90. The maximum Gasteiger partial charge on any atom is 0.327 e. The minimum absolute atomic E-state index is 0.393. The minimum atomic E-state index is -1.10. The number of ether oxygens (including phenoxy) is 2. The van der Waals surface area contributed by atoms with E-state index in [1.54, 1.807) is 38.1 Å². The zero-order valence-corrected chi connectivity index (χ0v) is 15.7. The number of urea groups is 1. The number of rotatable bonds is 7. The number of nitrogens with zero attached hydrogens (tertiary/aromatic N) is 1. The Bertz CT molecular complexity index is 748. The van der Waals surface area contributed by atoms with Crippen molar-refractivity contribution in [3.8, 4) is 5.75 Å². The van der Waals surface area contributed by atoms with Crippen LogP contribution in [-0.4, -0.2) is 54.0 Å². The predicted molar refractivity (Wildman–Crippen MR) is 96.1 cm³/mol. The molecule has 0 radical (unpaired) electrons. The average molecular weight is 377 g/mol. The maximum atomic E-state index is 12.3. The van der Waals surface area contributed by atoms with Crippen LogP contribution in [0.25, 0.3) is 0 Å². The number of methoxy groups -OCH3 is 1. The largest absolute Gasteiger partial charge is 0.497 e. The SMILES string of the molecule is CC[C@]1(C)NC(=O)N(CC(=O)O[C@@H](C)C(=O)Nc2ccc(OC)cc2)C1=O. The molecular formula is C18H23N3O6. The third-order valence-electron chi connectivity index (χ3n) is 4.37. The van der Waals surface area contributed by atoms with E-state index in [4.69, 9.17) is 9.47 Å². The Labute approximate surface area is 157 Å². The summed E-state index contributed by atoms with van der Waals surface area (Å²) >= 11 is 0. The van der Waals surface area contributed by atoms with Crippen molar-refractivity contribution in [3.63, 3.8) is 0 Å². The highest BCUT2D eigenvalue weighted by Crippen LogP contribution is 2.20. The Hall–Kier alpha value is -3.10. The van der Waals surface area contributed by atoms with E-state index in [0.29, 0.717) is 17.9 Å². The van der Waals surface area contributed by atoms with E-state index in [-0.39, 0.29) is 0 Å². The predicted octanol–water partition coefficient (Wildman–Crippen LogP) is 1.29. The highest BCUT2D eigenvalue weighted by Gasteiger charge is 2.47. The zero-order valence-electron chi connectivity index (χ0n) is 15.7. The van der Waals surface area contributed by atoms with Gasteiger partial charge in [0.05, 0.1) is 7.11 Å². The highest BCUT2D eigenvalue weighted by molar-refractivity contribution is 6.08. The number of nitrogens with one attached hydrogen (secondary N) is 2. The average Bonchev–Trinajstić information content (AvgIpc) is 2.86. The molecule has 1 aliphatic heterocycles. The molecule has 0 saturated carbocycles. The molecule has 1 saturated heterocycles. The van der Waals surface area contributed by atoms with Crippen LogP contribution in [0.3, 0.4) is 0 Å². The Morgan fingerprint density at radius 1 is 1.26 bits per heavy atom. The lowest BCUT2D eigenvalue weighted by atomic mass is 9.99. The van der Waals surface area contributed by atoms with Crippen molar-refractivity contribution in [1.29, 1.82) is 0 Å². The van der Waals surface area contributed by atoms with Gasteiger partial charge in [0.15, 0.2) is 6.10 Å². The number of hydrogen-bond acceptors (Lipinski definition) is 6. The van der Waals surface area contributed by atoms with E-state index in [0.717, 1.165) is 4.90 Å². The second kappa shape index (κ2) is 8.07. The van der Waals surface area contributed by atoms with Gasteiger partial charge in [0.1, 0.15) is 17.8 Å². The number of benzene rings is 1. The minimum Gasteiger partial charge on any atom is -0.497 e. The van der Waals surface area contributed by atoms with E-state index < -0.39 is 42.0 Å². The van der Waals surface area contributed by atoms with Crippen LogP contribution in [0, 0.1) is 0 Å². The van der Waals surface area contributed by atoms with Crippen molar-refractivity contribution in [1.82, 2.24) is 10.2 Å². The highest BCUT2D eigenvalue weighted by atomic mass is 16.5. The first-order chi connectivity index (χ1) is 12.7. The molecule has 4 amide bonds. The molecule has 1 aliphatic rings. The summed E-state index contributed by atoms with van der Waals surface area (Å²) in [5, 5.41) is 5.14. The first-order valence-electron chi connectivity index (χ1n) is 8.48. The van der Waals surface area contributed by atoms with Gasteiger partial charge in [0.25, 0.3) is 11.8 Å². The van der Waals surface area contributed by atoms with Gasteiger partial charge in [-0.1, -0.05) is 6.92 Å². The molecule has 9 heteroatoms. The lowest BCUT2D eigenvalue weighted by Crippen LogP contribution is -2.44. The molecule has 0 bridgehead atoms. The van der Waals surface area contributed by atoms with Crippen LogP contribution in [0.2, 0.25) is 0 Å².